The van der Waals surface area contributed by atoms with Crippen LogP contribution >= 0.6 is 38.9 Å². The van der Waals surface area contributed by atoms with Gasteiger partial charge in [-0.2, -0.15) is 0 Å². The Balaban J connectivity index is 2.02. The van der Waals surface area contributed by atoms with Crippen molar-refractivity contribution in [2.75, 3.05) is 26.2 Å². The Bertz CT molecular complexity index is 567. The number of rotatable bonds is 3. The van der Waals surface area contributed by atoms with Gasteiger partial charge in [0.1, 0.15) is 0 Å². The summed E-state index contributed by atoms with van der Waals surface area (Å²) in [6.45, 7) is 4.16. The van der Waals surface area contributed by atoms with Crippen molar-refractivity contribution in [1.29, 1.82) is 0 Å². The molecule has 1 saturated heterocycles. The summed E-state index contributed by atoms with van der Waals surface area (Å²) in [5, 5.41) is 6.39. The van der Waals surface area contributed by atoms with Crippen LogP contribution in [-0.2, 0) is 0 Å². The normalized spacial score (nSPS) is 18.1. The highest BCUT2D eigenvalue weighted by atomic mass is 79.9. The first-order valence-electron chi connectivity index (χ1n) is 6.69. The van der Waals surface area contributed by atoms with Gasteiger partial charge in [-0.05, 0) is 35.2 Å². The number of nitrogens with one attached hydrogen (secondary N) is 1. The average Bonchev–Trinajstić information content (AvgIpc) is 2.98. The summed E-state index contributed by atoms with van der Waals surface area (Å²) in [5.41, 5.74) is 1.19. The van der Waals surface area contributed by atoms with Crippen molar-refractivity contribution in [3.05, 3.63) is 55.6 Å². The van der Waals surface area contributed by atoms with Crippen molar-refractivity contribution in [2.45, 2.75) is 6.04 Å². The zero-order valence-corrected chi connectivity index (χ0v) is 14.1. The van der Waals surface area contributed by atoms with Gasteiger partial charge >= 0.3 is 0 Å². The molecular formula is C15H16BrClN2S. The molecule has 2 aromatic rings. The molecule has 2 nitrogen and oxygen atoms in total. The lowest BCUT2D eigenvalue weighted by atomic mass is 10.0. The first kappa shape index (κ1) is 14.5. The average molecular weight is 372 g/mol. The molecule has 1 N–H and O–H groups in total. The second kappa shape index (κ2) is 6.58. The van der Waals surface area contributed by atoms with E-state index in [9.17, 15) is 0 Å². The van der Waals surface area contributed by atoms with Gasteiger partial charge in [0.2, 0.25) is 0 Å². The molecule has 3 rings (SSSR count). The molecule has 106 valence electrons. The van der Waals surface area contributed by atoms with Crippen molar-refractivity contribution in [1.82, 2.24) is 10.2 Å². The summed E-state index contributed by atoms with van der Waals surface area (Å²) in [7, 11) is 0. The van der Waals surface area contributed by atoms with Gasteiger partial charge in [-0.15, -0.1) is 11.3 Å². The zero-order chi connectivity index (χ0) is 13.9. The van der Waals surface area contributed by atoms with Gasteiger partial charge in [0.15, 0.2) is 0 Å². The summed E-state index contributed by atoms with van der Waals surface area (Å²) in [6, 6.07) is 10.7. The van der Waals surface area contributed by atoms with Crippen LogP contribution in [0.5, 0.6) is 0 Å². The van der Waals surface area contributed by atoms with E-state index in [-0.39, 0.29) is 6.04 Å². The predicted molar refractivity (Wildman–Crippen MR) is 89.8 cm³/mol. The highest BCUT2D eigenvalue weighted by Gasteiger charge is 2.26. The number of nitrogens with zero attached hydrogens (tertiary/aromatic N) is 1. The standard InChI is InChI=1S/C15H16BrClN2S/c16-11-3-4-13(17)12(10-11)15(14-2-1-9-20-14)19-7-5-18-6-8-19/h1-4,9-10,15,18H,5-8H2/t15-/m0/s1. The summed E-state index contributed by atoms with van der Waals surface area (Å²) >= 11 is 11.8. The third-order valence-corrected chi connectivity index (χ3v) is 5.34. The predicted octanol–water partition coefficient (Wildman–Crippen LogP) is 4.16. The van der Waals surface area contributed by atoms with Gasteiger partial charge in [0.25, 0.3) is 0 Å². The molecule has 0 unspecified atom stereocenters. The number of piperazine rings is 1. The van der Waals surface area contributed by atoms with Crippen LogP contribution in [0, 0.1) is 0 Å². The van der Waals surface area contributed by atoms with E-state index in [2.05, 4.69) is 49.7 Å². The topological polar surface area (TPSA) is 15.3 Å². The van der Waals surface area contributed by atoms with E-state index in [0.29, 0.717) is 0 Å². The van der Waals surface area contributed by atoms with Crippen LogP contribution in [0.3, 0.4) is 0 Å². The highest BCUT2D eigenvalue weighted by molar-refractivity contribution is 9.10. The quantitative estimate of drug-likeness (QED) is 0.871. The molecule has 1 aromatic heterocycles. The summed E-state index contributed by atoms with van der Waals surface area (Å²) < 4.78 is 1.08. The van der Waals surface area contributed by atoms with E-state index >= 15 is 0 Å². The minimum atomic E-state index is 0.252. The minimum Gasteiger partial charge on any atom is -0.314 e. The molecule has 0 radical (unpaired) electrons. The van der Waals surface area contributed by atoms with Crippen LogP contribution < -0.4 is 5.32 Å². The molecule has 1 atom stereocenters. The summed E-state index contributed by atoms with van der Waals surface area (Å²) in [5.74, 6) is 0. The van der Waals surface area contributed by atoms with Gasteiger partial charge in [-0.3, -0.25) is 4.90 Å². The fourth-order valence-corrected chi connectivity index (χ4v) is 4.12. The lowest BCUT2D eigenvalue weighted by Crippen LogP contribution is -2.45. The van der Waals surface area contributed by atoms with Gasteiger partial charge in [-0.1, -0.05) is 33.6 Å². The van der Waals surface area contributed by atoms with Crippen LogP contribution in [0.1, 0.15) is 16.5 Å². The Morgan fingerprint density at radius 1 is 1.25 bits per heavy atom. The molecule has 2 heterocycles. The van der Waals surface area contributed by atoms with Crippen LogP contribution in [0.25, 0.3) is 0 Å². The number of hydrogen-bond acceptors (Lipinski definition) is 3. The molecule has 0 bridgehead atoms. The smallest absolute Gasteiger partial charge is 0.0711 e. The zero-order valence-electron chi connectivity index (χ0n) is 11.0. The van der Waals surface area contributed by atoms with E-state index < -0.39 is 0 Å². The molecule has 1 fully saturated rings. The maximum absolute atomic E-state index is 6.47. The molecule has 1 aliphatic rings. The minimum absolute atomic E-state index is 0.252. The fraction of sp³-hybridized carbons (Fsp3) is 0.333. The van der Waals surface area contributed by atoms with Crippen molar-refractivity contribution >= 4 is 38.9 Å². The largest absolute Gasteiger partial charge is 0.314 e. The Labute approximate surface area is 136 Å². The number of thiophene rings is 1. The van der Waals surface area contributed by atoms with Crippen LogP contribution in [0.2, 0.25) is 5.02 Å². The number of halogens is 2. The van der Waals surface area contributed by atoms with Gasteiger partial charge in [0.05, 0.1) is 6.04 Å². The third-order valence-electron chi connectivity index (χ3n) is 3.58. The van der Waals surface area contributed by atoms with Crippen molar-refractivity contribution < 1.29 is 0 Å². The van der Waals surface area contributed by atoms with E-state index in [4.69, 9.17) is 11.6 Å². The SMILES string of the molecule is Clc1ccc(Br)cc1[C@@H](c1cccs1)N1CCNCC1. The maximum atomic E-state index is 6.47. The van der Waals surface area contributed by atoms with Crippen LogP contribution in [0.4, 0.5) is 0 Å². The first-order valence-corrected chi connectivity index (χ1v) is 8.74. The molecular weight excluding hydrogens is 356 g/mol. The summed E-state index contributed by atoms with van der Waals surface area (Å²) in [4.78, 5) is 3.86. The second-order valence-electron chi connectivity index (χ2n) is 4.87. The van der Waals surface area contributed by atoms with E-state index in [1.54, 1.807) is 11.3 Å². The molecule has 5 heteroatoms. The maximum Gasteiger partial charge on any atom is 0.0711 e. The molecule has 0 saturated carbocycles. The fourth-order valence-electron chi connectivity index (χ4n) is 2.64. The summed E-state index contributed by atoms with van der Waals surface area (Å²) in [6.07, 6.45) is 0. The van der Waals surface area contributed by atoms with Gasteiger partial charge in [-0.25, -0.2) is 0 Å². The second-order valence-corrected chi connectivity index (χ2v) is 7.17. The van der Waals surface area contributed by atoms with Crippen molar-refractivity contribution in [3.63, 3.8) is 0 Å². The molecule has 0 spiro atoms. The Morgan fingerprint density at radius 3 is 2.75 bits per heavy atom. The van der Waals surface area contributed by atoms with Crippen molar-refractivity contribution in [3.8, 4) is 0 Å². The van der Waals surface area contributed by atoms with E-state index in [1.165, 1.54) is 10.4 Å². The molecule has 1 aliphatic heterocycles. The van der Waals surface area contributed by atoms with Crippen molar-refractivity contribution in [2.24, 2.45) is 0 Å². The first-order chi connectivity index (χ1) is 9.75. The number of hydrogen-bond donors (Lipinski definition) is 1. The Hall–Kier alpha value is -0.390. The molecule has 1 aromatic carbocycles. The Kier molecular flexibility index (Phi) is 4.79. The van der Waals surface area contributed by atoms with Crippen LogP contribution in [0.15, 0.2) is 40.2 Å². The van der Waals surface area contributed by atoms with Gasteiger partial charge in [0, 0.05) is 40.6 Å². The van der Waals surface area contributed by atoms with E-state index in [0.717, 1.165) is 35.7 Å². The lowest BCUT2D eigenvalue weighted by Gasteiger charge is -2.35. The third kappa shape index (κ3) is 3.10. The monoisotopic (exact) mass is 370 g/mol. The highest BCUT2D eigenvalue weighted by Crippen LogP contribution is 2.37. The lowest BCUT2D eigenvalue weighted by molar-refractivity contribution is 0.200. The Morgan fingerprint density at radius 2 is 2.05 bits per heavy atom. The van der Waals surface area contributed by atoms with Gasteiger partial charge < -0.3 is 5.32 Å². The molecule has 0 aliphatic carbocycles. The van der Waals surface area contributed by atoms with E-state index in [1.807, 2.05) is 12.1 Å². The molecule has 0 amide bonds. The van der Waals surface area contributed by atoms with Crippen LogP contribution in [-0.4, -0.2) is 31.1 Å². The molecule has 20 heavy (non-hydrogen) atoms. The number of benzene rings is 1.